The Morgan fingerprint density at radius 1 is 1.26 bits per heavy atom. The summed E-state index contributed by atoms with van der Waals surface area (Å²) in [7, 11) is 0. The molecule has 1 heterocycles. The molecule has 2 atom stereocenters. The van der Waals surface area contributed by atoms with Crippen LogP contribution in [0.4, 0.5) is 0 Å². The first-order valence-corrected chi connectivity index (χ1v) is 7.01. The molecule has 4 heteroatoms. The summed E-state index contributed by atoms with van der Waals surface area (Å²) in [6.07, 6.45) is 6.10. The van der Waals surface area contributed by atoms with Gasteiger partial charge in [-0.1, -0.05) is 36.4 Å². The fourth-order valence-corrected chi connectivity index (χ4v) is 2.92. The summed E-state index contributed by atoms with van der Waals surface area (Å²) in [5.41, 5.74) is 2.98. The maximum absolute atomic E-state index is 3.98. The molecule has 19 heavy (non-hydrogen) atoms. The highest BCUT2D eigenvalue weighted by molar-refractivity contribution is 5.34. The average Bonchev–Trinajstić information content (AvgIpc) is 2.95. The van der Waals surface area contributed by atoms with Crippen molar-refractivity contribution in [1.29, 1.82) is 0 Å². The average molecular weight is 256 g/mol. The van der Waals surface area contributed by atoms with E-state index in [2.05, 4.69) is 46.8 Å². The largest absolute Gasteiger partial charge is 0.308 e. The highest BCUT2D eigenvalue weighted by atomic mass is 15.4. The Hall–Kier alpha value is -1.68. The molecule has 0 aliphatic heterocycles. The van der Waals surface area contributed by atoms with Gasteiger partial charge in [0, 0.05) is 18.8 Å². The minimum atomic E-state index is 0.482. The van der Waals surface area contributed by atoms with Crippen LogP contribution in [-0.4, -0.2) is 21.5 Å². The summed E-state index contributed by atoms with van der Waals surface area (Å²) in [6.45, 7) is 4.12. The number of rotatable bonds is 4. The van der Waals surface area contributed by atoms with Crippen molar-refractivity contribution >= 4 is 0 Å². The number of nitrogens with one attached hydrogen (secondary N) is 1. The second-order valence-corrected chi connectivity index (χ2v) is 5.28. The predicted molar refractivity (Wildman–Crippen MR) is 74.9 cm³/mol. The molecular formula is C15H20N4. The van der Waals surface area contributed by atoms with Gasteiger partial charge in [0.2, 0.25) is 0 Å². The van der Waals surface area contributed by atoms with Crippen LogP contribution in [0.1, 0.15) is 42.9 Å². The van der Waals surface area contributed by atoms with Gasteiger partial charge < -0.3 is 5.32 Å². The Morgan fingerprint density at radius 2 is 2.11 bits per heavy atom. The summed E-state index contributed by atoms with van der Waals surface area (Å²) < 4.78 is 1.87. The zero-order valence-electron chi connectivity index (χ0n) is 11.3. The molecule has 1 aliphatic rings. The van der Waals surface area contributed by atoms with Crippen LogP contribution in [0.15, 0.2) is 36.7 Å². The van der Waals surface area contributed by atoms with E-state index in [0.29, 0.717) is 12.0 Å². The number of fused-ring (bicyclic) bond motifs is 1. The summed E-state index contributed by atoms with van der Waals surface area (Å²) in [5.74, 6) is 0.685. The van der Waals surface area contributed by atoms with Crippen LogP contribution in [0.3, 0.4) is 0 Å². The fourth-order valence-electron chi connectivity index (χ4n) is 2.92. The van der Waals surface area contributed by atoms with Crippen LogP contribution in [0.2, 0.25) is 0 Å². The van der Waals surface area contributed by atoms with Gasteiger partial charge in [-0.2, -0.15) is 0 Å². The van der Waals surface area contributed by atoms with E-state index in [4.69, 9.17) is 0 Å². The van der Waals surface area contributed by atoms with Gasteiger partial charge in [-0.3, -0.25) is 4.68 Å². The van der Waals surface area contributed by atoms with Gasteiger partial charge in [0.05, 0.1) is 12.7 Å². The molecular weight excluding hydrogens is 236 g/mol. The van der Waals surface area contributed by atoms with E-state index in [-0.39, 0.29) is 0 Å². The SMILES string of the molecule is CC1CCC(NCCn2ccnn2)c2ccccc21. The molecule has 0 fully saturated rings. The first-order valence-electron chi connectivity index (χ1n) is 7.01. The molecule has 0 radical (unpaired) electrons. The monoisotopic (exact) mass is 256 g/mol. The quantitative estimate of drug-likeness (QED) is 0.914. The molecule has 1 aliphatic carbocycles. The third-order valence-corrected chi connectivity index (χ3v) is 3.99. The minimum absolute atomic E-state index is 0.482. The zero-order chi connectivity index (χ0) is 13.1. The van der Waals surface area contributed by atoms with Crippen molar-refractivity contribution in [3.8, 4) is 0 Å². The number of hydrogen-bond acceptors (Lipinski definition) is 3. The molecule has 100 valence electrons. The molecule has 4 nitrogen and oxygen atoms in total. The predicted octanol–water partition coefficient (Wildman–Crippen LogP) is 2.51. The number of aromatic nitrogens is 3. The van der Waals surface area contributed by atoms with E-state index in [1.54, 1.807) is 6.20 Å². The van der Waals surface area contributed by atoms with E-state index >= 15 is 0 Å². The lowest BCUT2D eigenvalue weighted by molar-refractivity contribution is 0.414. The smallest absolute Gasteiger partial charge is 0.0692 e. The van der Waals surface area contributed by atoms with Gasteiger partial charge in [0.1, 0.15) is 0 Å². The molecule has 1 N–H and O–H groups in total. The first kappa shape index (κ1) is 12.4. The van der Waals surface area contributed by atoms with Crippen LogP contribution in [0.25, 0.3) is 0 Å². The highest BCUT2D eigenvalue weighted by Crippen LogP contribution is 2.36. The molecule has 0 amide bonds. The third-order valence-electron chi connectivity index (χ3n) is 3.99. The maximum atomic E-state index is 3.98. The van der Waals surface area contributed by atoms with E-state index < -0.39 is 0 Å². The van der Waals surface area contributed by atoms with Crippen molar-refractivity contribution in [3.05, 3.63) is 47.8 Å². The van der Waals surface area contributed by atoms with Crippen molar-refractivity contribution < 1.29 is 0 Å². The minimum Gasteiger partial charge on any atom is -0.308 e. The molecule has 2 unspecified atom stereocenters. The number of hydrogen-bond donors (Lipinski definition) is 1. The van der Waals surface area contributed by atoms with Gasteiger partial charge in [-0.05, 0) is 29.9 Å². The molecule has 0 spiro atoms. The lowest BCUT2D eigenvalue weighted by Gasteiger charge is -2.30. The summed E-state index contributed by atoms with van der Waals surface area (Å²) in [4.78, 5) is 0. The molecule has 0 bridgehead atoms. The molecule has 2 aromatic rings. The highest BCUT2D eigenvalue weighted by Gasteiger charge is 2.23. The van der Waals surface area contributed by atoms with Gasteiger partial charge in [-0.15, -0.1) is 5.10 Å². The topological polar surface area (TPSA) is 42.7 Å². The molecule has 0 saturated carbocycles. The third kappa shape index (κ3) is 2.68. The van der Waals surface area contributed by atoms with E-state index in [1.165, 1.54) is 24.0 Å². The maximum Gasteiger partial charge on any atom is 0.0692 e. The van der Waals surface area contributed by atoms with E-state index in [1.807, 2.05) is 10.9 Å². The lowest BCUT2D eigenvalue weighted by atomic mass is 9.81. The van der Waals surface area contributed by atoms with Crippen molar-refractivity contribution in [2.75, 3.05) is 6.54 Å². The Kier molecular flexibility index (Phi) is 3.60. The van der Waals surface area contributed by atoms with Crippen LogP contribution in [0, 0.1) is 0 Å². The van der Waals surface area contributed by atoms with Gasteiger partial charge in [0.25, 0.3) is 0 Å². The molecule has 1 aromatic carbocycles. The summed E-state index contributed by atoms with van der Waals surface area (Å²) in [6, 6.07) is 9.30. The fraction of sp³-hybridized carbons (Fsp3) is 0.467. The van der Waals surface area contributed by atoms with Crippen molar-refractivity contribution in [1.82, 2.24) is 20.3 Å². The second-order valence-electron chi connectivity index (χ2n) is 5.28. The van der Waals surface area contributed by atoms with Gasteiger partial charge in [0.15, 0.2) is 0 Å². The van der Waals surface area contributed by atoms with E-state index in [9.17, 15) is 0 Å². The molecule has 3 rings (SSSR count). The summed E-state index contributed by atoms with van der Waals surface area (Å²) in [5, 5.41) is 11.4. The Balaban J connectivity index is 1.64. The normalized spacial score (nSPS) is 22.2. The van der Waals surface area contributed by atoms with Crippen LogP contribution < -0.4 is 5.32 Å². The number of benzene rings is 1. The van der Waals surface area contributed by atoms with Crippen molar-refractivity contribution in [2.24, 2.45) is 0 Å². The van der Waals surface area contributed by atoms with Crippen molar-refractivity contribution in [3.63, 3.8) is 0 Å². The van der Waals surface area contributed by atoms with Gasteiger partial charge >= 0.3 is 0 Å². The zero-order valence-corrected chi connectivity index (χ0v) is 11.3. The Morgan fingerprint density at radius 3 is 2.89 bits per heavy atom. The lowest BCUT2D eigenvalue weighted by Crippen LogP contribution is -2.29. The second kappa shape index (κ2) is 5.53. The van der Waals surface area contributed by atoms with Crippen LogP contribution >= 0.6 is 0 Å². The number of nitrogens with zero attached hydrogens (tertiary/aromatic N) is 3. The molecule has 1 aromatic heterocycles. The Labute approximate surface area is 113 Å². The first-order chi connectivity index (χ1) is 9.34. The van der Waals surface area contributed by atoms with Crippen LogP contribution in [-0.2, 0) is 6.54 Å². The standard InChI is InChI=1S/C15H20N4/c1-12-6-7-15(14-5-3-2-4-13(12)14)16-8-10-19-11-9-17-18-19/h2-5,9,11-12,15-16H,6-8,10H2,1H3. The van der Waals surface area contributed by atoms with Crippen molar-refractivity contribution in [2.45, 2.75) is 38.3 Å². The summed E-state index contributed by atoms with van der Waals surface area (Å²) >= 11 is 0. The van der Waals surface area contributed by atoms with E-state index in [0.717, 1.165) is 13.1 Å². The van der Waals surface area contributed by atoms with Crippen LogP contribution in [0.5, 0.6) is 0 Å². The Bertz CT molecular complexity index is 521. The molecule has 0 saturated heterocycles. The van der Waals surface area contributed by atoms with Gasteiger partial charge in [-0.25, -0.2) is 0 Å².